The predicted molar refractivity (Wildman–Crippen MR) is 92.8 cm³/mol. The standard InChI is InChI=1S/C14H14ClN3O4S2/c1-8(22-10-5-3-4-9(15)6-10)12(20)16-13-17-18-14(24-13)23-7-11(19)21-2/h3-6,8H,7H2,1-2H3,(H,16,17,20). The van der Waals surface area contributed by atoms with Gasteiger partial charge in [-0.2, -0.15) is 0 Å². The van der Waals surface area contributed by atoms with Crippen LogP contribution in [0, 0.1) is 0 Å². The van der Waals surface area contributed by atoms with Gasteiger partial charge in [0.1, 0.15) is 5.75 Å². The van der Waals surface area contributed by atoms with Crippen molar-refractivity contribution in [1.29, 1.82) is 0 Å². The second-order valence-electron chi connectivity index (χ2n) is 4.44. The Kier molecular flexibility index (Phi) is 6.83. The van der Waals surface area contributed by atoms with Gasteiger partial charge in [0.05, 0.1) is 12.9 Å². The Labute approximate surface area is 151 Å². The molecule has 0 saturated heterocycles. The van der Waals surface area contributed by atoms with Gasteiger partial charge in [0.15, 0.2) is 10.4 Å². The number of carbonyl (C=O) groups excluding carboxylic acids is 2. The van der Waals surface area contributed by atoms with Crippen LogP contribution in [-0.2, 0) is 14.3 Å². The van der Waals surface area contributed by atoms with Gasteiger partial charge < -0.3 is 9.47 Å². The monoisotopic (exact) mass is 387 g/mol. The highest BCUT2D eigenvalue weighted by molar-refractivity contribution is 8.01. The van der Waals surface area contributed by atoms with Crippen molar-refractivity contribution in [3.05, 3.63) is 29.3 Å². The van der Waals surface area contributed by atoms with Crippen LogP contribution in [0.2, 0.25) is 5.02 Å². The van der Waals surface area contributed by atoms with Crippen molar-refractivity contribution in [3.63, 3.8) is 0 Å². The minimum absolute atomic E-state index is 0.132. The molecule has 7 nitrogen and oxygen atoms in total. The van der Waals surface area contributed by atoms with E-state index in [1.807, 2.05) is 0 Å². The molecule has 1 aromatic heterocycles. The molecule has 0 aliphatic heterocycles. The third-order valence-corrected chi connectivity index (χ3v) is 4.84. The van der Waals surface area contributed by atoms with Crippen molar-refractivity contribution in [2.45, 2.75) is 17.4 Å². The van der Waals surface area contributed by atoms with Gasteiger partial charge in [0, 0.05) is 5.02 Å². The number of amides is 1. The number of benzene rings is 1. The number of anilines is 1. The van der Waals surface area contributed by atoms with Crippen LogP contribution < -0.4 is 10.1 Å². The van der Waals surface area contributed by atoms with Crippen molar-refractivity contribution in [2.75, 3.05) is 18.2 Å². The predicted octanol–water partition coefficient (Wildman–Crippen LogP) is 2.86. The van der Waals surface area contributed by atoms with Crippen LogP contribution >= 0.6 is 34.7 Å². The van der Waals surface area contributed by atoms with E-state index in [1.54, 1.807) is 31.2 Å². The zero-order chi connectivity index (χ0) is 17.5. The summed E-state index contributed by atoms with van der Waals surface area (Å²) in [6.45, 7) is 1.62. The van der Waals surface area contributed by atoms with Gasteiger partial charge in [0.25, 0.3) is 5.91 Å². The molecule has 128 valence electrons. The number of nitrogens with one attached hydrogen (secondary N) is 1. The van der Waals surface area contributed by atoms with Gasteiger partial charge >= 0.3 is 5.97 Å². The van der Waals surface area contributed by atoms with E-state index in [2.05, 4.69) is 20.3 Å². The third-order valence-electron chi connectivity index (χ3n) is 2.66. The maximum Gasteiger partial charge on any atom is 0.316 e. The molecule has 0 saturated carbocycles. The van der Waals surface area contributed by atoms with E-state index in [4.69, 9.17) is 16.3 Å². The number of thioether (sulfide) groups is 1. The molecule has 1 N–H and O–H groups in total. The summed E-state index contributed by atoms with van der Waals surface area (Å²) in [5.74, 6) is -0.0930. The first-order chi connectivity index (χ1) is 11.5. The second-order valence-corrected chi connectivity index (χ2v) is 7.08. The van der Waals surface area contributed by atoms with E-state index in [0.717, 1.165) is 11.3 Å². The molecule has 0 spiro atoms. The van der Waals surface area contributed by atoms with Gasteiger partial charge in [0.2, 0.25) is 5.13 Å². The van der Waals surface area contributed by atoms with Crippen molar-refractivity contribution in [3.8, 4) is 5.75 Å². The molecule has 1 unspecified atom stereocenters. The summed E-state index contributed by atoms with van der Waals surface area (Å²) < 4.78 is 10.6. The van der Waals surface area contributed by atoms with E-state index in [0.29, 0.717) is 20.2 Å². The molecule has 1 heterocycles. The number of carbonyl (C=O) groups is 2. The van der Waals surface area contributed by atoms with Gasteiger partial charge in [-0.3, -0.25) is 14.9 Å². The fourth-order valence-electron chi connectivity index (χ4n) is 1.50. The maximum absolute atomic E-state index is 12.1. The molecule has 0 aliphatic rings. The van der Waals surface area contributed by atoms with Crippen LogP contribution in [0.4, 0.5) is 5.13 Å². The first kappa shape index (κ1) is 18.5. The SMILES string of the molecule is COC(=O)CSc1nnc(NC(=O)C(C)Oc2cccc(Cl)c2)s1. The van der Waals surface area contributed by atoms with Crippen LogP contribution in [0.25, 0.3) is 0 Å². The number of nitrogens with zero attached hydrogens (tertiary/aromatic N) is 2. The minimum Gasteiger partial charge on any atom is -0.481 e. The molecule has 1 aromatic carbocycles. The van der Waals surface area contributed by atoms with Crippen LogP contribution in [0.3, 0.4) is 0 Å². The number of ether oxygens (including phenoxy) is 2. The van der Waals surface area contributed by atoms with Crippen LogP contribution in [0.15, 0.2) is 28.6 Å². The quantitative estimate of drug-likeness (QED) is 0.443. The average molecular weight is 388 g/mol. The number of halogens is 1. The highest BCUT2D eigenvalue weighted by atomic mass is 35.5. The Balaban J connectivity index is 1.87. The Hall–Kier alpha value is -1.84. The average Bonchev–Trinajstić information content (AvgIpc) is 3.00. The van der Waals surface area contributed by atoms with Crippen LogP contribution in [0.1, 0.15) is 6.92 Å². The maximum atomic E-state index is 12.1. The van der Waals surface area contributed by atoms with Crippen LogP contribution in [-0.4, -0.2) is 41.0 Å². The number of rotatable bonds is 7. The summed E-state index contributed by atoms with van der Waals surface area (Å²) in [5.41, 5.74) is 0. The number of hydrogen-bond donors (Lipinski definition) is 1. The molecule has 0 radical (unpaired) electrons. The van der Waals surface area contributed by atoms with Crippen molar-refractivity contribution >= 4 is 51.7 Å². The number of hydrogen-bond acceptors (Lipinski definition) is 8. The molecule has 0 bridgehead atoms. The minimum atomic E-state index is -0.737. The summed E-state index contributed by atoms with van der Waals surface area (Å²) in [6, 6.07) is 6.78. The lowest BCUT2D eigenvalue weighted by Crippen LogP contribution is -2.30. The largest absolute Gasteiger partial charge is 0.481 e. The van der Waals surface area contributed by atoms with E-state index in [1.165, 1.54) is 18.9 Å². The Morgan fingerprint density at radius 1 is 1.42 bits per heavy atom. The molecule has 2 aromatic rings. The first-order valence-electron chi connectivity index (χ1n) is 6.74. The highest BCUT2D eigenvalue weighted by Gasteiger charge is 2.17. The van der Waals surface area contributed by atoms with Gasteiger partial charge in [-0.25, -0.2) is 0 Å². The molecule has 0 fully saturated rings. The second kappa shape index (κ2) is 8.86. The van der Waals surface area contributed by atoms with Crippen molar-refractivity contribution < 1.29 is 19.1 Å². The Bertz CT molecular complexity index is 726. The van der Waals surface area contributed by atoms with Crippen molar-refractivity contribution in [2.24, 2.45) is 0 Å². The molecular formula is C14H14ClN3O4S2. The summed E-state index contributed by atoms with van der Waals surface area (Å²) in [6.07, 6.45) is -0.737. The fraction of sp³-hybridized carbons (Fsp3) is 0.286. The van der Waals surface area contributed by atoms with Gasteiger partial charge in [-0.1, -0.05) is 40.8 Å². The van der Waals surface area contributed by atoms with E-state index < -0.39 is 6.10 Å². The lowest BCUT2D eigenvalue weighted by molar-refractivity contribution is -0.137. The first-order valence-corrected chi connectivity index (χ1v) is 8.92. The Morgan fingerprint density at radius 3 is 2.92 bits per heavy atom. The number of methoxy groups -OCH3 is 1. The molecule has 24 heavy (non-hydrogen) atoms. The molecule has 1 atom stereocenters. The summed E-state index contributed by atoms with van der Waals surface area (Å²) in [7, 11) is 1.32. The lowest BCUT2D eigenvalue weighted by atomic mass is 10.3. The smallest absolute Gasteiger partial charge is 0.316 e. The summed E-state index contributed by atoms with van der Waals surface area (Å²) in [4.78, 5) is 23.2. The number of aromatic nitrogens is 2. The molecule has 10 heteroatoms. The van der Waals surface area contributed by atoms with E-state index in [9.17, 15) is 9.59 Å². The fourth-order valence-corrected chi connectivity index (χ4v) is 3.27. The van der Waals surface area contributed by atoms with Gasteiger partial charge in [-0.05, 0) is 25.1 Å². The van der Waals surface area contributed by atoms with E-state index in [-0.39, 0.29) is 17.6 Å². The molecule has 1 amide bonds. The zero-order valence-electron chi connectivity index (χ0n) is 12.8. The number of esters is 1. The summed E-state index contributed by atoms with van der Waals surface area (Å²) >= 11 is 8.22. The molecule has 0 aliphatic carbocycles. The zero-order valence-corrected chi connectivity index (χ0v) is 15.2. The summed E-state index contributed by atoms with van der Waals surface area (Å²) in [5, 5.41) is 11.2. The van der Waals surface area contributed by atoms with E-state index >= 15 is 0 Å². The lowest BCUT2D eigenvalue weighted by Gasteiger charge is -2.13. The van der Waals surface area contributed by atoms with Crippen molar-refractivity contribution in [1.82, 2.24) is 10.2 Å². The van der Waals surface area contributed by atoms with Crippen LogP contribution in [0.5, 0.6) is 5.75 Å². The highest BCUT2D eigenvalue weighted by Crippen LogP contribution is 2.26. The Morgan fingerprint density at radius 2 is 2.21 bits per heavy atom. The third kappa shape index (κ3) is 5.66. The molecular weight excluding hydrogens is 374 g/mol. The topological polar surface area (TPSA) is 90.4 Å². The normalized spacial score (nSPS) is 11.6. The molecule has 2 rings (SSSR count). The van der Waals surface area contributed by atoms with Gasteiger partial charge in [-0.15, -0.1) is 10.2 Å².